The molecule has 2 N–H and O–H groups in total. The normalized spacial score (nSPS) is 26.8. The van der Waals surface area contributed by atoms with Crippen molar-refractivity contribution in [2.75, 3.05) is 13.1 Å². The minimum Gasteiger partial charge on any atom is -0.478 e. The lowest BCUT2D eigenvalue weighted by molar-refractivity contribution is 0.0697. The molecule has 1 aromatic heterocycles. The van der Waals surface area contributed by atoms with Crippen LogP contribution in [-0.2, 0) is 10.0 Å². The first-order valence-corrected chi connectivity index (χ1v) is 8.92. The largest absolute Gasteiger partial charge is 0.478 e. The Morgan fingerprint density at radius 2 is 2.20 bits per heavy atom. The Kier molecular flexibility index (Phi) is 3.57. The summed E-state index contributed by atoms with van der Waals surface area (Å²) in [4.78, 5) is 13.1. The molecule has 3 rings (SSSR count). The average Bonchev–Trinajstić information content (AvgIpc) is 3.05. The van der Waals surface area contributed by atoms with E-state index in [2.05, 4.69) is 9.62 Å². The molecular weight excluding hydrogens is 300 g/mol. The smallest absolute Gasteiger partial charge is 0.336 e. The number of fused-ring (bicyclic) bond motifs is 1. The lowest BCUT2D eigenvalue weighted by Crippen LogP contribution is -2.42. The van der Waals surface area contributed by atoms with Gasteiger partial charge in [0.1, 0.15) is 4.21 Å². The fourth-order valence-electron chi connectivity index (χ4n) is 3.05. The molecule has 2 aliphatic rings. The van der Waals surface area contributed by atoms with E-state index in [9.17, 15) is 13.2 Å². The highest BCUT2D eigenvalue weighted by molar-refractivity contribution is 7.91. The molecule has 0 saturated carbocycles. The van der Waals surface area contributed by atoms with Crippen LogP contribution in [0.3, 0.4) is 0 Å². The lowest BCUT2D eigenvalue weighted by atomic mass is 10.1. The second-order valence-electron chi connectivity index (χ2n) is 5.22. The number of rotatable bonds is 4. The van der Waals surface area contributed by atoms with Crippen molar-refractivity contribution in [1.82, 2.24) is 9.62 Å². The predicted molar refractivity (Wildman–Crippen MR) is 74.6 cm³/mol. The molecule has 2 unspecified atom stereocenters. The summed E-state index contributed by atoms with van der Waals surface area (Å²) in [7, 11) is -3.62. The molecule has 2 aliphatic heterocycles. The average molecular weight is 316 g/mol. The highest BCUT2D eigenvalue weighted by atomic mass is 32.2. The van der Waals surface area contributed by atoms with E-state index in [4.69, 9.17) is 5.11 Å². The van der Waals surface area contributed by atoms with E-state index in [-0.39, 0.29) is 15.8 Å². The minimum absolute atomic E-state index is 0.0179. The first-order chi connectivity index (χ1) is 9.47. The van der Waals surface area contributed by atoms with Gasteiger partial charge in [-0.2, -0.15) is 0 Å². The number of carboxylic acids is 1. The highest BCUT2D eigenvalue weighted by Crippen LogP contribution is 2.29. The molecular formula is C12H16N2O4S2. The third-order valence-corrected chi connectivity index (χ3v) is 6.93. The van der Waals surface area contributed by atoms with Crippen LogP contribution in [0.15, 0.2) is 15.7 Å². The molecule has 110 valence electrons. The van der Waals surface area contributed by atoms with Gasteiger partial charge in [0.15, 0.2) is 0 Å². The summed E-state index contributed by atoms with van der Waals surface area (Å²) < 4.78 is 27.4. The van der Waals surface area contributed by atoms with E-state index in [0.717, 1.165) is 43.7 Å². The predicted octanol–water partition coefficient (Wildman–Crippen LogP) is 0.961. The number of hydrogen-bond donors (Lipinski definition) is 2. The van der Waals surface area contributed by atoms with Crippen molar-refractivity contribution < 1.29 is 18.3 Å². The quantitative estimate of drug-likeness (QED) is 0.864. The molecule has 0 radical (unpaired) electrons. The number of sulfonamides is 1. The van der Waals surface area contributed by atoms with Crippen molar-refractivity contribution in [2.24, 2.45) is 0 Å². The summed E-state index contributed by atoms with van der Waals surface area (Å²) in [5.41, 5.74) is 0.0179. The lowest BCUT2D eigenvalue weighted by Gasteiger charge is -2.20. The van der Waals surface area contributed by atoms with Crippen molar-refractivity contribution in [3.63, 3.8) is 0 Å². The van der Waals surface area contributed by atoms with Crippen LogP contribution in [0.4, 0.5) is 0 Å². The van der Waals surface area contributed by atoms with Crippen LogP contribution >= 0.6 is 11.3 Å². The van der Waals surface area contributed by atoms with Gasteiger partial charge in [-0.3, -0.25) is 4.90 Å². The first kappa shape index (κ1) is 14.0. The van der Waals surface area contributed by atoms with E-state index in [1.807, 2.05) is 0 Å². The second kappa shape index (κ2) is 5.10. The van der Waals surface area contributed by atoms with E-state index in [1.54, 1.807) is 0 Å². The van der Waals surface area contributed by atoms with Crippen LogP contribution < -0.4 is 4.72 Å². The third kappa shape index (κ3) is 2.48. The van der Waals surface area contributed by atoms with E-state index in [0.29, 0.717) is 6.04 Å². The standard InChI is InChI=1S/C12H16N2O4S2/c15-12(16)8-6-11(19-7-8)20(17,18)13-9-3-5-14-4-1-2-10(9)14/h6-7,9-10,13H,1-5H2,(H,15,16). The highest BCUT2D eigenvalue weighted by Gasteiger charge is 2.39. The van der Waals surface area contributed by atoms with Gasteiger partial charge in [0.2, 0.25) is 10.0 Å². The molecule has 0 aromatic carbocycles. The number of thiophene rings is 1. The molecule has 1 aromatic rings. The number of carbonyl (C=O) groups is 1. The van der Waals surface area contributed by atoms with Crippen molar-refractivity contribution >= 4 is 27.3 Å². The van der Waals surface area contributed by atoms with E-state index in [1.165, 1.54) is 11.4 Å². The maximum Gasteiger partial charge on any atom is 0.336 e. The second-order valence-corrected chi connectivity index (χ2v) is 8.07. The molecule has 2 atom stereocenters. The zero-order valence-electron chi connectivity index (χ0n) is 10.8. The minimum atomic E-state index is -3.62. The fraction of sp³-hybridized carbons (Fsp3) is 0.583. The van der Waals surface area contributed by atoms with Crippen LogP contribution in [0.2, 0.25) is 0 Å². The Morgan fingerprint density at radius 1 is 1.40 bits per heavy atom. The Bertz CT molecular complexity index is 625. The monoisotopic (exact) mass is 316 g/mol. The van der Waals surface area contributed by atoms with Crippen molar-refractivity contribution in [1.29, 1.82) is 0 Å². The van der Waals surface area contributed by atoms with Crippen LogP contribution in [0, 0.1) is 0 Å². The summed E-state index contributed by atoms with van der Waals surface area (Å²) in [6, 6.07) is 1.46. The molecule has 2 saturated heterocycles. The molecule has 20 heavy (non-hydrogen) atoms. The van der Waals surface area contributed by atoms with Gasteiger partial charge in [-0.15, -0.1) is 11.3 Å². The number of carboxylic acid groups (broad SMARTS) is 1. The van der Waals surface area contributed by atoms with Crippen LogP contribution in [0.1, 0.15) is 29.6 Å². The Morgan fingerprint density at radius 3 is 2.90 bits per heavy atom. The van der Waals surface area contributed by atoms with Gasteiger partial charge in [-0.25, -0.2) is 17.9 Å². The summed E-state index contributed by atoms with van der Waals surface area (Å²) in [5, 5.41) is 10.2. The summed E-state index contributed by atoms with van der Waals surface area (Å²) in [6.45, 7) is 1.98. The van der Waals surface area contributed by atoms with Gasteiger partial charge in [0, 0.05) is 24.0 Å². The van der Waals surface area contributed by atoms with Crippen molar-refractivity contribution in [2.45, 2.75) is 35.6 Å². The third-order valence-electron chi connectivity index (χ3n) is 4.00. The van der Waals surface area contributed by atoms with Gasteiger partial charge in [0.25, 0.3) is 0 Å². The van der Waals surface area contributed by atoms with Gasteiger partial charge >= 0.3 is 5.97 Å². The molecule has 8 heteroatoms. The number of hydrogen-bond acceptors (Lipinski definition) is 5. The SMILES string of the molecule is O=C(O)c1csc(S(=O)(=O)NC2CCN3CCCC23)c1. The Hall–Kier alpha value is -0.960. The van der Waals surface area contributed by atoms with Gasteiger partial charge in [-0.1, -0.05) is 0 Å². The first-order valence-electron chi connectivity index (χ1n) is 6.55. The van der Waals surface area contributed by atoms with E-state index >= 15 is 0 Å². The van der Waals surface area contributed by atoms with Crippen LogP contribution in [0.25, 0.3) is 0 Å². The number of nitrogens with zero attached hydrogens (tertiary/aromatic N) is 1. The fourth-order valence-corrected chi connectivity index (χ4v) is 5.52. The Balaban J connectivity index is 1.76. The molecule has 0 aliphatic carbocycles. The van der Waals surface area contributed by atoms with Gasteiger partial charge in [-0.05, 0) is 31.9 Å². The molecule has 0 amide bonds. The number of aromatic carboxylic acids is 1. The van der Waals surface area contributed by atoms with E-state index < -0.39 is 16.0 Å². The zero-order chi connectivity index (χ0) is 14.3. The molecule has 0 spiro atoms. The zero-order valence-corrected chi connectivity index (χ0v) is 12.4. The maximum absolute atomic E-state index is 12.3. The molecule has 2 fully saturated rings. The number of nitrogens with one attached hydrogen (secondary N) is 1. The van der Waals surface area contributed by atoms with Gasteiger partial charge in [0.05, 0.1) is 5.56 Å². The van der Waals surface area contributed by atoms with Crippen LogP contribution in [-0.4, -0.2) is 49.6 Å². The molecule has 6 nitrogen and oxygen atoms in total. The van der Waals surface area contributed by atoms with Gasteiger partial charge < -0.3 is 5.11 Å². The summed E-state index contributed by atoms with van der Waals surface area (Å²) in [5.74, 6) is -1.11. The summed E-state index contributed by atoms with van der Waals surface area (Å²) >= 11 is 0.949. The topological polar surface area (TPSA) is 86.7 Å². The van der Waals surface area contributed by atoms with Crippen molar-refractivity contribution in [3.05, 3.63) is 17.0 Å². The molecule has 3 heterocycles. The Labute approximate surface area is 121 Å². The summed E-state index contributed by atoms with van der Waals surface area (Å²) in [6.07, 6.45) is 2.96. The van der Waals surface area contributed by atoms with Crippen LogP contribution in [0.5, 0.6) is 0 Å². The van der Waals surface area contributed by atoms with Crippen molar-refractivity contribution in [3.8, 4) is 0 Å². The molecule has 0 bridgehead atoms. The maximum atomic E-state index is 12.3.